The molecule has 0 atom stereocenters. The third-order valence-electron chi connectivity index (χ3n) is 4.53. The number of benzene rings is 1. The topological polar surface area (TPSA) is 66.9 Å². The summed E-state index contributed by atoms with van der Waals surface area (Å²) in [6, 6.07) is 6.31. The van der Waals surface area contributed by atoms with Gasteiger partial charge < -0.3 is 0 Å². The van der Waals surface area contributed by atoms with Crippen LogP contribution in [0.3, 0.4) is 0 Å². The molecule has 3 heterocycles. The Morgan fingerprint density at radius 1 is 1.25 bits per heavy atom. The molecule has 0 N–H and O–H groups in total. The molecule has 1 aromatic carbocycles. The lowest BCUT2D eigenvalue weighted by Gasteiger charge is -2.12. The maximum absolute atomic E-state index is 14.2. The number of halogens is 4. The Labute approximate surface area is 162 Å². The molecule has 5 nitrogen and oxygen atoms in total. The summed E-state index contributed by atoms with van der Waals surface area (Å²) in [5.74, 6) is -0.407. The van der Waals surface area contributed by atoms with Crippen LogP contribution in [-0.4, -0.2) is 19.6 Å². The maximum Gasteiger partial charge on any atom is 0.283 e. The number of hydrogen-bond acceptors (Lipinski definition) is 4. The van der Waals surface area contributed by atoms with Gasteiger partial charge in [-0.3, -0.25) is 4.98 Å². The summed E-state index contributed by atoms with van der Waals surface area (Å²) in [6.45, 7) is 3.27. The smallest absolute Gasteiger partial charge is 0.256 e. The second-order valence-electron chi connectivity index (χ2n) is 6.25. The van der Waals surface area contributed by atoms with Crippen LogP contribution in [0.2, 0.25) is 5.15 Å². The fraction of sp³-hybridized carbons (Fsp3) is 0.158. The monoisotopic (exact) mass is 401 g/mol. The van der Waals surface area contributed by atoms with E-state index in [-0.39, 0.29) is 16.4 Å². The van der Waals surface area contributed by atoms with Crippen LogP contribution in [0, 0.1) is 31.0 Å². The molecule has 3 aromatic heterocycles. The molecule has 28 heavy (non-hydrogen) atoms. The van der Waals surface area contributed by atoms with Crippen molar-refractivity contribution in [1.29, 1.82) is 5.26 Å². The lowest BCUT2D eigenvalue weighted by atomic mass is 10.00. The quantitative estimate of drug-likeness (QED) is 0.435. The fourth-order valence-corrected chi connectivity index (χ4v) is 3.55. The summed E-state index contributed by atoms with van der Waals surface area (Å²) in [7, 11) is 0. The van der Waals surface area contributed by atoms with Crippen LogP contribution in [0.5, 0.6) is 0 Å². The lowest BCUT2D eigenvalue weighted by Crippen LogP contribution is -2.01. The van der Waals surface area contributed by atoms with E-state index in [1.807, 2.05) is 0 Å². The first-order valence-electron chi connectivity index (χ1n) is 8.15. The van der Waals surface area contributed by atoms with E-state index in [1.165, 1.54) is 6.07 Å². The van der Waals surface area contributed by atoms with Crippen molar-refractivity contribution in [2.45, 2.75) is 20.3 Å². The van der Waals surface area contributed by atoms with Gasteiger partial charge in [0.25, 0.3) is 6.43 Å². The van der Waals surface area contributed by atoms with E-state index >= 15 is 0 Å². The van der Waals surface area contributed by atoms with E-state index in [4.69, 9.17) is 11.6 Å². The van der Waals surface area contributed by atoms with Gasteiger partial charge in [0.05, 0.1) is 11.2 Å². The number of hydrogen-bond donors (Lipinski definition) is 0. The minimum absolute atomic E-state index is 0.000571. The highest BCUT2D eigenvalue weighted by atomic mass is 35.5. The lowest BCUT2D eigenvalue weighted by molar-refractivity contribution is 0.145. The molecule has 0 aliphatic heterocycles. The summed E-state index contributed by atoms with van der Waals surface area (Å²) in [4.78, 5) is 8.53. The van der Waals surface area contributed by atoms with Gasteiger partial charge in [-0.25, -0.2) is 22.7 Å². The van der Waals surface area contributed by atoms with Crippen LogP contribution in [0.15, 0.2) is 24.4 Å². The molecule has 4 rings (SSSR count). The largest absolute Gasteiger partial charge is 0.283 e. The standard InChI is InChI=1S/C19H11ClF3N5/c1-8-5-14-11(6-13(8)21)10(3-4-25-14)15-9(2)26-19-12(7-24)16(18(22)23)27-28(19)17(15)20/h3-6,18H,1-2H3. The minimum atomic E-state index is -2.95. The molecule has 4 aromatic rings. The van der Waals surface area contributed by atoms with Crippen molar-refractivity contribution in [3.63, 3.8) is 0 Å². The normalized spacial score (nSPS) is 11.5. The van der Waals surface area contributed by atoms with Gasteiger partial charge in [0.2, 0.25) is 0 Å². The van der Waals surface area contributed by atoms with Gasteiger partial charge in [0, 0.05) is 17.1 Å². The van der Waals surface area contributed by atoms with Crippen LogP contribution < -0.4 is 0 Å². The Hall–Kier alpha value is -3.18. The van der Waals surface area contributed by atoms with Crippen molar-refractivity contribution < 1.29 is 13.2 Å². The Kier molecular flexibility index (Phi) is 4.20. The van der Waals surface area contributed by atoms with Gasteiger partial charge in [0.15, 0.2) is 5.65 Å². The highest BCUT2D eigenvalue weighted by molar-refractivity contribution is 6.33. The molecule has 0 radical (unpaired) electrons. The highest BCUT2D eigenvalue weighted by Crippen LogP contribution is 2.37. The van der Waals surface area contributed by atoms with Gasteiger partial charge in [0.1, 0.15) is 28.3 Å². The van der Waals surface area contributed by atoms with Crippen molar-refractivity contribution in [1.82, 2.24) is 19.6 Å². The number of fused-ring (bicyclic) bond motifs is 2. The number of nitriles is 1. The Morgan fingerprint density at radius 3 is 2.68 bits per heavy atom. The Balaban J connectivity index is 2.10. The van der Waals surface area contributed by atoms with Crippen molar-refractivity contribution in [2.75, 3.05) is 0 Å². The van der Waals surface area contributed by atoms with Crippen molar-refractivity contribution in [3.8, 4) is 17.2 Å². The number of pyridine rings is 1. The average molecular weight is 402 g/mol. The number of nitrogens with zero attached hydrogens (tertiary/aromatic N) is 5. The first-order valence-corrected chi connectivity index (χ1v) is 8.53. The third kappa shape index (κ3) is 2.59. The van der Waals surface area contributed by atoms with Gasteiger partial charge in [-0.2, -0.15) is 10.4 Å². The van der Waals surface area contributed by atoms with Crippen LogP contribution >= 0.6 is 11.6 Å². The first kappa shape index (κ1) is 18.2. The van der Waals surface area contributed by atoms with Gasteiger partial charge in [-0.05, 0) is 43.2 Å². The summed E-state index contributed by atoms with van der Waals surface area (Å²) in [5, 5.41) is 13.5. The van der Waals surface area contributed by atoms with Gasteiger partial charge >= 0.3 is 0 Å². The fourth-order valence-electron chi connectivity index (χ4n) is 3.19. The zero-order valence-electron chi connectivity index (χ0n) is 14.6. The van der Waals surface area contributed by atoms with Crippen LogP contribution in [0.4, 0.5) is 13.2 Å². The average Bonchev–Trinajstić information content (AvgIpc) is 3.02. The number of aryl methyl sites for hydroxylation is 2. The number of alkyl halides is 2. The van der Waals surface area contributed by atoms with E-state index in [0.717, 1.165) is 4.52 Å². The predicted molar refractivity (Wildman–Crippen MR) is 97.8 cm³/mol. The summed E-state index contributed by atoms with van der Waals surface area (Å²) >= 11 is 6.49. The summed E-state index contributed by atoms with van der Waals surface area (Å²) in [6.07, 6.45) is -1.40. The molecule has 0 saturated carbocycles. The van der Waals surface area contributed by atoms with Crippen molar-refractivity contribution in [3.05, 3.63) is 57.9 Å². The molecule has 0 amide bonds. The van der Waals surface area contributed by atoms with Crippen molar-refractivity contribution >= 4 is 28.2 Å². The molecule has 0 aliphatic rings. The SMILES string of the molecule is Cc1cc2nccc(-c3c(C)nc4c(C#N)c(C(F)F)nn4c3Cl)c2cc1F. The Morgan fingerprint density at radius 2 is 2.00 bits per heavy atom. The molecule has 0 fully saturated rings. The summed E-state index contributed by atoms with van der Waals surface area (Å²) < 4.78 is 41.7. The van der Waals surface area contributed by atoms with E-state index in [1.54, 1.807) is 38.2 Å². The molecule has 0 bridgehead atoms. The van der Waals surface area contributed by atoms with Crippen LogP contribution in [0.25, 0.3) is 27.7 Å². The molecule has 140 valence electrons. The molecular formula is C19H11ClF3N5. The molecule has 0 aliphatic carbocycles. The zero-order chi connectivity index (χ0) is 20.2. The molecule has 0 spiro atoms. The molecule has 0 unspecified atom stereocenters. The third-order valence-corrected chi connectivity index (χ3v) is 4.87. The van der Waals surface area contributed by atoms with Crippen LogP contribution in [0.1, 0.15) is 28.9 Å². The second-order valence-corrected chi connectivity index (χ2v) is 6.61. The van der Waals surface area contributed by atoms with E-state index < -0.39 is 17.9 Å². The van der Waals surface area contributed by atoms with E-state index in [2.05, 4.69) is 15.1 Å². The molecular weight excluding hydrogens is 391 g/mol. The minimum Gasteiger partial charge on any atom is -0.256 e. The number of rotatable bonds is 2. The van der Waals surface area contributed by atoms with E-state index in [0.29, 0.717) is 33.3 Å². The zero-order valence-corrected chi connectivity index (χ0v) is 15.4. The van der Waals surface area contributed by atoms with Gasteiger partial charge in [-0.15, -0.1) is 0 Å². The molecule has 0 saturated heterocycles. The maximum atomic E-state index is 14.2. The van der Waals surface area contributed by atoms with Gasteiger partial charge in [-0.1, -0.05) is 11.6 Å². The predicted octanol–water partition coefficient (Wildman–Crippen LogP) is 5.16. The Bertz CT molecular complexity index is 1310. The second kappa shape index (κ2) is 6.46. The first-order chi connectivity index (χ1) is 13.3. The highest BCUT2D eigenvalue weighted by Gasteiger charge is 2.25. The molecule has 9 heteroatoms. The van der Waals surface area contributed by atoms with Crippen LogP contribution in [-0.2, 0) is 0 Å². The van der Waals surface area contributed by atoms with Crippen molar-refractivity contribution in [2.24, 2.45) is 0 Å². The number of aromatic nitrogens is 4. The summed E-state index contributed by atoms with van der Waals surface area (Å²) in [5.41, 5.74) is 1.26. The van der Waals surface area contributed by atoms with E-state index in [9.17, 15) is 18.4 Å².